The van der Waals surface area contributed by atoms with Crippen LogP contribution in [0.3, 0.4) is 0 Å². The summed E-state index contributed by atoms with van der Waals surface area (Å²) in [5.41, 5.74) is 15.2. The second-order valence-corrected chi connectivity index (χ2v) is 5.55. The summed E-state index contributed by atoms with van der Waals surface area (Å²) >= 11 is 0. The van der Waals surface area contributed by atoms with Crippen molar-refractivity contribution in [2.24, 2.45) is 5.11 Å². The van der Waals surface area contributed by atoms with Crippen LogP contribution in [0.4, 0.5) is 0 Å². The number of fused-ring (bicyclic) bond motifs is 1. The highest BCUT2D eigenvalue weighted by molar-refractivity contribution is 5.71. The van der Waals surface area contributed by atoms with Crippen molar-refractivity contribution < 1.29 is 5.11 Å². The monoisotopic (exact) mass is 279 g/mol. The van der Waals surface area contributed by atoms with E-state index < -0.39 is 12.1 Å². The zero-order chi connectivity index (χ0) is 15.0. The summed E-state index contributed by atoms with van der Waals surface area (Å²) in [7, 11) is 0. The maximum atomic E-state index is 10.5. The fourth-order valence-electron chi connectivity index (χ4n) is 3.27. The Morgan fingerprint density at radius 2 is 1.95 bits per heavy atom. The number of aliphatic hydroxyl groups is 1. The van der Waals surface area contributed by atoms with E-state index in [2.05, 4.69) is 35.1 Å². The molecule has 0 radical (unpaired) electrons. The molecular formula is C17H17N3O. The second-order valence-electron chi connectivity index (χ2n) is 5.55. The van der Waals surface area contributed by atoms with Gasteiger partial charge in [0.2, 0.25) is 0 Å². The summed E-state index contributed by atoms with van der Waals surface area (Å²) in [6.07, 6.45) is -0.0965. The van der Waals surface area contributed by atoms with E-state index in [0.717, 1.165) is 33.4 Å². The summed E-state index contributed by atoms with van der Waals surface area (Å²) < 4.78 is 0. The minimum Gasteiger partial charge on any atom is -0.388 e. The normalized spacial score (nSPS) is 20.0. The molecule has 2 aromatic carbocycles. The van der Waals surface area contributed by atoms with Gasteiger partial charge in [-0.3, -0.25) is 0 Å². The quantitative estimate of drug-likeness (QED) is 0.498. The molecule has 0 saturated carbocycles. The van der Waals surface area contributed by atoms with Crippen LogP contribution in [0.25, 0.3) is 21.6 Å². The van der Waals surface area contributed by atoms with Crippen molar-refractivity contribution in [1.82, 2.24) is 0 Å². The molecule has 0 heterocycles. The van der Waals surface area contributed by atoms with Gasteiger partial charge in [-0.15, -0.1) is 0 Å². The van der Waals surface area contributed by atoms with Crippen molar-refractivity contribution in [3.63, 3.8) is 0 Å². The summed E-state index contributed by atoms with van der Waals surface area (Å²) in [4.78, 5) is 2.86. The Bertz CT molecular complexity index is 733. The Balaban J connectivity index is 2.18. The zero-order valence-corrected chi connectivity index (χ0v) is 12.1. The summed E-state index contributed by atoms with van der Waals surface area (Å²) in [6, 6.07) is 11.9. The van der Waals surface area contributed by atoms with E-state index in [1.165, 1.54) is 0 Å². The predicted octanol–water partition coefficient (Wildman–Crippen LogP) is 4.24. The average Bonchev–Trinajstić information content (AvgIpc) is 2.82. The molecule has 21 heavy (non-hydrogen) atoms. The van der Waals surface area contributed by atoms with Crippen LogP contribution < -0.4 is 0 Å². The van der Waals surface area contributed by atoms with Crippen LogP contribution in [0.15, 0.2) is 41.5 Å². The van der Waals surface area contributed by atoms with Crippen molar-refractivity contribution in [2.45, 2.75) is 32.4 Å². The standard InChI is InChI=1S/C17H17N3O/c1-10-8-14(12-6-4-3-5-7-12)11(2)16-13(10)9-15(17(16)21)19-20-18/h3-8,15,17,21H,9H2,1-2H3/t15-,17+/m1/s1. The first-order valence-electron chi connectivity index (χ1n) is 7.04. The lowest BCUT2D eigenvalue weighted by atomic mass is 9.90. The summed E-state index contributed by atoms with van der Waals surface area (Å²) in [5, 5.41) is 14.2. The summed E-state index contributed by atoms with van der Waals surface area (Å²) in [6.45, 7) is 4.08. The van der Waals surface area contributed by atoms with Gasteiger partial charge in [-0.25, -0.2) is 0 Å². The van der Waals surface area contributed by atoms with Crippen molar-refractivity contribution in [3.8, 4) is 11.1 Å². The molecule has 2 aromatic rings. The van der Waals surface area contributed by atoms with Gasteiger partial charge in [0.1, 0.15) is 0 Å². The fourth-order valence-corrected chi connectivity index (χ4v) is 3.27. The molecule has 2 atom stereocenters. The van der Waals surface area contributed by atoms with Crippen molar-refractivity contribution in [2.75, 3.05) is 0 Å². The van der Waals surface area contributed by atoms with Crippen LogP contribution in [-0.2, 0) is 6.42 Å². The van der Waals surface area contributed by atoms with Gasteiger partial charge in [-0.1, -0.05) is 41.5 Å². The third-order valence-electron chi connectivity index (χ3n) is 4.33. The molecule has 1 N–H and O–H groups in total. The van der Waals surface area contributed by atoms with Crippen molar-refractivity contribution in [3.05, 3.63) is 69.1 Å². The van der Waals surface area contributed by atoms with E-state index >= 15 is 0 Å². The highest BCUT2D eigenvalue weighted by Crippen LogP contribution is 2.41. The van der Waals surface area contributed by atoms with E-state index in [0.29, 0.717) is 6.42 Å². The van der Waals surface area contributed by atoms with E-state index in [4.69, 9.17) is 5.53 Å². The molecule has 0 spiro atoms. The van der Waals surface area contributed by atoms with Crippen LogP contribution in [0.2, 0.25) is 0 Å². The Labute approximate surface area is 123 Å². The minimum atomic E-state index is -0.710. The van der Waals surface area contributed by atoms with Gasteiger partial charge in [0.25, 0.3) is 0 Å². The third-order valence-corrected chi connectivity index (χ3v) is 4.33. The second kappa shape index (κ2) is 5.24. The average molecular weight is 279 g/mol. The number of nitrogens with zero attached hydrogens (tertiary/aromatic N) is 3. The molecule has 1 aliphatic carbocycles. The van der Waals surface area contributed by atoms with Crippen LogP contribution in [-0.4, -0.2) is 11.1 Å². The van der Waals surface area contributed by atoms with Crippen LogP contribution in [0.1, 0.15) is 28.4 Å². The van der Waals surface area contributed by atoms with E-state index in [1.54, 1.807) is 0 Å². The largest absolute Gasteiger partial charge is 0.388 e. The topological polar surface area (TPSA) is 69.0 Å². The van der Waals surface area contributed by atoms with Gasteiger partial charge < -0.3 is 5.11 Å². The number of aliphatic hydroxyl groups excluding tert-OH is 1. The molecule has 0 fully saturated rings. The lowest BCUT2D eigenvalue weighted by molar-refractivity contribution is 0.159. The minimum absolute atomic E-state index is 0.395. The lowest BCUT2D eigenvalue weighted by Crippen LogP contribution is -2.10. The molecule has 4 heteroatoms. The summed E-state index contributed by atoms with van der Waals surface area (Å²) in [5.74, 6) is 0. The first kappa shape index (κ1) is 13.7. The van der Waals surface area contributed by atoms with E-state index in [1.807, 2.05) is 25.1 Å². The molecule has 0 aliphatic heterocycles. The van der Waals surface area contributed by atoms with Gasteiger partial charge in [0.15, 0.2) is 0 Å². The maximum absolute atomic E-state index is 10.5. The van der Waals surface area contributed by atoms with Gasteiger partial charge in [0.05, 0.1) is 12.1 Å². The van der Waals surface area contributed by atoms with Crippen LogP contribution >= 0.6 is 0 Å². The van der Waals surface area contributed by atoms with E-state index in [9.17, 15) is 5.11 Å². The molecule has 106 valence electrons. The fraction of sp³-hybridized carbons (Fsp3) is 0.294. The number of rotatable bonds is 2. The zero-order valence-electron chi connectivity index (χ0n) is 12.1. The molecule has 0 bridgehead atoms. The molecule has 4 nitrogen and oxygen atoms in total. The number of hydrogen-bond donors (Lipinski definition) is 1. The first-order valence-corrected chi connectivity index (χ1v) is 7.04. The molecule has 0 saturated heterocycles. The Morgan fingerprint density at radius 1 is 1.24 bits per heavy atom. The number of hydrogen-bond acceptors (Lipinski definition) is 2. The maximum Gasteiger partial charge on any atom is 0.0883 e. The highest BCUT2D eigenvalue weighted by Gasteiger charge is 2.33. The van der Waals surface area contributed by atoms with Crippen LogP contribution in [0, 0.1) is 13.8 Å². The highest BCUT2D eigenvalue weighted by atomic mass is 16.3. The number of azide groups is 1. The molecule has 0 unspecified atom stereocenters. The van der Waals surface area contributed by atoms with Crippen LogP contribution in [0.5, 0.6) is 0 Å². The van der Waals surface area contributed by atoms with E-state index in [-0.39, 0.29) is 0 Å². The Hall–Kier alpha value is -2.29. The molecule has 1 aliphatic rings. The molecule has 3 rings (SSSR count). The first-order chi connectivity index (χ1) is 10.1. The van der Waals surface area contributed by atoms with Gasteiger partial charge >= 0.3 is 0 Å². The lowest BCUT2D eigenvalue weighted by Gasteiger charge is -2.16. The number of benzene rings is 2. The molecule has 0 aromatic heterocycles. The third kappa shape index (κ3) is 2.19. The Morgan fingerprint density at radius 3 is 2.62 bits per heavy atom. The molecule has 0 amide bonds. The number of aryl methyl sites for hydroxylation is 1. The SMILES string of the molecule is Cc1cc(-c2ccccc2)c(C)c2c1C[C@@H](N=[N+]=[N-])[C@@H]2O. The van der Waals surface area contributed by atoms with Crippen molar-refractivity contribution >= 4 is 0 Å². The smallest absolute Gasteiger partial charge is 0.0883 e. The Kier molecular flexibility index (Phi) is 3.42. The van der Waals surface area contributed by atoms with Gasteiger partial charge in [-0.2, -0.15) is 0 Å². The van der Waals surface area contributed by atoms with Gasteiger partial charge in [0, 0.05) is 4.91 Å². The van der Waals surface area contributed by atoms with Gasteiger partial charge in [-0.05, 0) is 59.2 Å². The predicted molar refractivity (Wildman–Crippen MR) is 82.9 cm³/mol. The van der Waals surface area contributed by atoms with Crippen molar-refractivity contribution in [1.29, 1.82) is 0 Å². The molecular weight excluding hydrogens is 262 g/mol.